The van der Waals surface area contributed by atoms with Crippen molar-refractivity contribution in [2.24, 2.45) is 0 Å². The molecule has 1 aliphatic rings. The summed E-state index contributed by atoms with van der Waals surface area (Å²) in [4.78, 5) is 11.0. The molecule has 146 valence electrons. The highest BCUT2D eigenvalue weighted by molar-refractivity contribution is 7.89. The summed E-state index contributed by atoms with van der Waals surface area (Å²) in [6.07, 6.45) is -7.40. The average molecular weight is 404 g/mol. The van der Waals surface area contributed by atoms with Gasteiger partial charge < -0.3 is 9.84 Å². The van der Waals surface area contributed by atoms with Gasteiger partial charge in [-0.1, -0.05) is 0 Å². The van der Waals surface area contributed by atoms with E-state index in [1.807, 2.05) is 4.72 Å². The Kier molecular flexibility index (Phi) is 5.33. The van der Waals surface area contributed by atoms with Crippen molar-refractivity contribution >= 4 is 16.1 Å². The quantitative estimate of drug-likeness (QED) is 0.734. The van der Waals surface area contributed by atoms with Gasteiger partial charge in [-0.2, -0.15) is 0 Å². The largest absolute Gasteiger partial charge is 0.573 e. The molecule has 2 N–H and O–H groups in total. The molecule has 0 aromatic heterocycles. The number of hydrogen-bond acceptors (Lipinski definition) is 4. The maximum absolute atomic E-state index is 13.3. The molecule has 1 amide bonds. The van der Waals surface area contributed by atoms with Crippen LogP contribution in [0.4, 0.5) is 26.7 Å². The fourth-order valence-corrected chi connectivity index (χ4v) is 3.49. The summed E-state index contributed by atoms with van der Waals surface area (Å²) in [5.41, 5.74) is 0. The molecule has 1 fully saturated rings. The molecule has 1 aromatic carbocycles. The summed E-state index contributed by atoms with van der Waals surface area (Å²) in [6, 6.07) is 1.94. The molecular weight excluding hydrogens is 391 g/mol. The van der Waals surface area contributed by atoms with Crippen LogP contribution in [0.2, 0.25) is 0 Å². The van der Waals surface area contributed by atoms with Crippen LogP contribution in [-0.4, -0.2) is 55.9 Å². The number of nitrogens with one attached hydrogen (secondary N) is 1. The lowest BCUT2D eigenvalue weighted by atomic mass is 10.2. The van der Waals surface area contributed by atoms with Crippen molar-refractivity contribution in [2.75, 3.05) is 13.1 Å². The first-order chi connectivity index (χ1) is 11.8. The molecule has 0 spiro atoms. The number of alkyl halides is 5. The van der Waals surface area contributed by atoms with Gasteiger partial charge in [-0.25, -0.2) is 26.7 Å². The van der Waals surface area contributed by atoms with Crippen LogP contribution in [0.1, 0.15) is 6.42 Å². The van der Waals surface area contributed by atoms with E-state index in [0.717, 1.165) is 24.3 Å². The van der Waals surface area contributed by atoms with Gasteiger partial charge in [0.2, 0.25) is 10.0 Å². The summed E-state index contributed by atoms with van der Waals surface area (Å²) in [7, 11) is -4.25. The van der Waals surface area contributed by atoms with E-state index >= 15 is 0 Å². The lowest BCUT2D eigenvalue weighted by Gasteiger charge is -2.20. The molecule has 0 saturated carbocycles. The van der Waals surface area contributed by atoms with Crippen molar-refractivity contribution in [3.8, 4) is 5.75 Å². The summed E-state index contributed by atoms with van der Waals surface area (Å²) in [5, 5.41) is 8.90. The van der Waals surface area contributed by atoms with Crippen LogP contribution in [-0.2, 0) is 10.0 Å². The van der Waals surface area contributed by atoms with Crippen LogP contribution in [0.5, 0.6) is 5.75 Å². The van der Waals surface area contributed by atoms with Crippen molar-refractivity contribution in [3.05, 3.63) is 24.3 Å². The molecule has 26 heavy (non-hydrogen) atoms. The minimum absolute atomic E-state index is 0.432. The predicted octanol–water partition coefficient (Wildman–Crippen LogP) is 2.25. The molecule has 0 aliphatic carbocycles. The summed E-state index contributed by atoms with van der Waals surface area (Å²) in [6.45, 7) is -1.65. The van der Waals surface area contributed by atoms with Gasteiger partial charge in [0.1, 0.15) is 5.75 Å². The van der Waals surface area contributed by atoms with E-state index in [1.54, 1.807) is 0 Å². The molecule has 7 nitrogen and oxygen atoms in total. The number of halogens is 5. The van der Waals surface area contributed by atoms with E-state index in [9.17, 15) is 35.2 Å². The van der Waals surface area contributed by atoms with Gasteiger partial charge >= 0.3 is 12.5 Å². The Morgan fingerprint density at radius 1 is 1.31 bits per heavy atom. The average Bonchev–Trinajstić information content (AvgIpc) is 2.80. The summed E-state index contributed by atoms with van der Waals surface area (Å²) in [5.74, 6) is -3.91. The monoisotopic (exact) mass is 404 g/mol. The first-order valence-electron chi connectivity index (χ1n) is 7.02. The van der Waals surface area contributed by atoms with Gasteiger partial charge in [0.15, 0.2) is 0 Å². The number of ether oxygens (including phenoxy) is 1. The highest BCUT2D eigenvalue weighted by Crippen LogP contribution is 2.32. The number of amides is 1. The Balaban J connectivity index is 2.05. The zero-order valence-electron chi connectivity index (χ0n) is 12.8. The number of carbonyl (C=O) groups is 1. The fourth-order valence-electron chi connectivity index (χ4n) is 2.41. The lowest BCUT2D eigenvalue weighted by Crippen LogP contribution is -2.42. The Morgan fingerprint density at radius 2 is 1.88 bits per heavy atom. The number of hydrogen-bond donors (Lipinski definition) is 2. The second kappa shape index (κ2) is 6.87. The maximum atomic E-state index is 13.3. The number of benzene rings is 1. The second-order valence-electron chi connectivity index (χ2n) is 5.50. The highest BCUT2D eigenvalue weighted by atomic mass is 32.2. The van der Waals surface area contributed by atoms with Crippen molar-refractivity contribution in [1.82, 2.24) is 9.62 Å². The van der Waals surface area contributed by atoms with Crippen LogP contribution < -0.4 is 9.46 Å². The van der Waals surface area contributed by atoms with E-state index in [1.165, 1.54) is 0 Å². The SMILES string of the molecule is O=C(O)N1CC(F)(F)C[C@@H]1CNS(=O)(=O)c1ccc(OC(F)(F)F)cc1. The number of rotatable bonds is 5. The van der Waals surface area contributed by atoms with Crippen LogP contribution in [0.3, 0.4) is 0 Å². The van der Waals surface area contributed by atoms with Gasteiger partial charge in [-0.05, 0) is 24.3 Å². The molecule has 1 saturated heterocycles. The number of nitrogens with zero attached hydrogens (tertiary/aromatic N) is 1. The van der Waals surface area contributed by atoms with Gasteiger partial charge in [0.25, 0.3) is 5.92 Å². The normalized spacial score (nSPS) is 20.2. The number of sulfonamides is 1. The van der Waals surface area contributed by atoms with E-state index in [-0.39, 0.29) is 0 Å². The third-order valence-electron chi connectivity index (χ3n) is 3.50. The van der Waals surface area contributed by atoms with Crippen LogP contribution in [0.15, 0.2) is 29.2 Å². The maximum Gasteiger partial charge on any atom is 0.573 e. The molecule has 13 heteroatoms. The Hall–Kier alpha value is -2.15. The Morgan fingerprint density at radius 3 is 2.38 bits per heavy atom. The van der Waals surface area contributed by atoms with Crippen LogP contribution in [0, 0.1) is 0 Å². The Labute approximate surface area is 144 Å². The molecule has 0 unspecified atom stereocenters. The topological polar surface area (TPSA) is 95.9 Å². The van der Waals surface area contributed by atoms with Gasteiger partial charge in [-0.3, -0.25) is 4.90 Å². The van der Waals surface area contributed by atoms with E-state index in [0.29, 0.717) is 4.90 Å². The number of carboxylic acid groups (broad SMARTS) is 1. The minimum Gasteiger partial charge on any atom is -0.465 e. The minimum atomic E-state index is -4.94. The summed E-state index contributed by atoms with van der Waals surface area (Å²) >= 11 is 0. The highest BCUT2D eigenvalue weighted by Gasteiger charge is 2.47. The first-order valence-corrected chi connectivity index (χ1v) is 8.50. The van der Waals surface area contributed by atoms with Crippen LogP contribution in [0.25, 0.3) is 0 Å². The predicted molar refractivity (Wildman–Crippen MR) is 76.4 cm³/mol. The van der Waals surface area contributed by atoms with Crippen molar-refractivity contribution in [3.63, 3.8) is 0 Å². The van der Waals surface area contributed by atoms with Crippen molar-refractivity contribution in [2.45, 2.75) is 29.6 Å². The van der Waals surface area contributed by atoms with Gasteiger partial charge in [-0.15, -0.1) is 13.2 Å². The summed E-state index contributed by atoms with van der Waals surface area (Å²) < 4.78 is 92.7. The van der Waals surface area contributed by atoms with Crippen molar-refractivity contribution < 1.29 is 45.0 Å². The van der Waals surface area contributed by atoms with Crippen molar-refractivity contribution in [1.29, 1.82) is 0 Å². The zero-order chi connectivity index (χ0) is 19.8. The van der Waals surface area contributed by atoms with E-state index in [4.69, 9.17) is 5.11 Å². The second-order valence-corrected chi connectivity index (χ2v) is 7.26. The first kappa shape index (κ1) is 20.2. The molecule has 0 radical (unpaired) electrons. The smallest absolute Gasteiger partial charge is 0.465 e. The van der Waals surface area contributed by atoms with E-state index in [2.05, 4.69) is 4.74 Å². The van der Waals surface area contributed by atoms with E-state index < -0.39 is 64.6 Å². The Bertz CT molecular complexity index is 766. The van der Waals surface area contributed by atoms with Gasteiger partial charge in [0.05, 0.1) is 17.5 Å². The molecule has 1 heterocycles. The molecule has 1 aliphatic heterocycles. The number of likely N-dealkylation sites (tertiary alicyclic amines) is 1. The molecule has 1 aromatic rings. The third-order valence-corrected chi connectivity index (χ3v) is 4.94. The molecule has 0 bridgehead atoms. The molecule has 1 atom stereocenters. The third kappa shape index (κ3) is 5.17. The molecule has 2 rings (SSSR count). The van der Waals surface area contributed by atoms with Crippen LogP contribution >= 0.6 is 0 Å². The fraction of sp³-hybridized carbons (Fsp3) is 0.462. The zero-order valence-corrected chi connectivity index (χ0v) is 13.7. The standard InChI is InChI=1S/C13H13F5N2O5S/c14-12(15)5-8(20(7-12)11(21)22)6-19-26(23,24)10-3-1-9(2-4-10)25-13(16,17)18/h1-4,8,19H,5-7H2,(H,21,22)/t8-/m1/s1. The molecular formula is C13H13F5N2O5S. The van der Waals surface area contributed by atoms with Gasteiger partial charge in [0, 0.05) is 13.0 Å². The lowest BCUT2D eigenvalue weighted by molar-refractivity contribution is -0.274.